The lowest BCUT2D eigenvalue weighted by Gasteiger charge is -2.26. The molecule has 3 fully saturated rings. The van der Waals surface area contributed by atoms with Gasteiger partial charge in [-0.2, -0.15) is 0 Å². The quantitative estimate of drug-likeness (QED) is 0.585. The van der Waals surface area contributed by atoms with Crippen molar-refractivity contribution in [2.45, 2.75) is 24.5 Å². The van der Waals surface area contributed by atoms with Crippen molar-refractivity contribution >= 4 is 25.7 Å². The van der Waals surface area contributed by atoms with Crippen LogP contribution in [0.15, 0.2) is 0 Å². The van der Waals surface area contributed by atoms with E-state index >= 15 is 0 Å². The van der Waals surface area contributed by atoms with Gasteiger partial charge in [0.15, 0.2) is 19.7 Å². The molecule has 0 unspecified atom stereocenters. The number of nitrogens with one attached hydrogen (secondary N) is 1. The molecule has 0 spiro atoms. The molecule has 18 heavy (non-hydrogen) atoms. The number of rotatable bonds is 1. The van der Waals surface area contributed by atoms with Gasteiger partial charge in [0.1, 0.15) is 0 Å². The van der Waals surface area contributed by atoms with Gasteiger partial charge in [-0.25, -0.2) is 21.6 Å². The van der Waals surface area contributed by atoms with Crippen molar-refractivity contribution in [1.29, 1.82) is 0 Å². The van der Waals surface area contributed by atoms with Crippen molar-refractivity contribution in [2.24, 2.45) is 0 Å². The fourth-order valence-corrected chi connectivity index (χ4v) is 6.67. The number of hydrogen-bond donors (Lipinski definition) is 1. The molecule has 3 heterocycles. The summed E-state index contributed by atoms with van der Waals surface area (Å²) in [7, 11) is -6.21. The SMILES string of the molecule is O=C1N[C@@H]2CS(=O)(=O)C[C@H]2N1[C@H]1CCS(=O)(=O)C1. The maximum absolute atomic E-state index is 11.8. The van der Waals surface area contributed by atoms with Gasteiger partial charge in [-0.15, -0.1) is 0 Å². The number of urea groups is 1. The highest BCUT2D eigenvalue weighted by Crippen LogP contribution is 2.29. The van der Waals surface area contributed by atoms with Crippen LogP contribution < -0.4 is 5.32 Å². The Balaban J connectivity index is 1.86. The highest BCUT2D eigenvalue weighted by Gasteiger charge is 2.52. The summed E-state index contributed by atoms with van der Waals surface area (Å²) in [4.78, 5) is 13.3. The zero-order valence-corrected chi connectivity index (χ0v) is 11.2. The van der Waals surface area contributed by atoms with E-state index in [0.29, 0.717) is 6.42 Å². The van der Waals surface area contributed by atoms with Crippen molar-refractivity contribution in [3.63, 3.8) is 0 Å². The first-order valence-electron chi connectivity index (χ1n) is 5.77. The van der Waals surface area contributed by atoms with Crippen LogP contribution in [0.5, 0.6) is 0 Å². The molecule has 102 valence electrons. The molecule has 3 aliphatic rings. The Bertz CT molecular complexity index is 596. The Morgan fingerprint density at radius 3 is 2.39 bits per heavy atom. The molecule has 7 nitrogen and oxygen atoms in total. The third-order valence-corrected chi connectivity index (χ3v) is 7.29. The van der Waals surface area contributed by atoms with Crippen molar-refractivity contribution in [3.8, 4) is 0 Å². The van der Waals surface area contributed by atoms with E-state index in [2.05, 4.69) is 5.32 Å². The molecule has 0 saturated carbocycles. The number of carbonyl (C=O) groups is 1. The van der Waals surface area contributed by atoms with E-state index in [1.807, 2.05) is 0 Å². The average molecular weight is 294 g/mol. The molecule has 0 aromatic rings. The number of fused-ring (bicyclic) bond motifs is 1. The standard InChI is InChI=1S/C9H14N2O5S2/c12-9-10-7-4-18(15,16)5-8(7)11(9)6-1-2-17(13,14)3-6/h6-8H,1-5H2,(H,10,12)/t6-,7+,8+/m0/s1. The molecule has 0 aromatic carbocycles. The van der Waals surface area contributed by atoms with Gasteiger partial charge in [-0.3, -0.25) is 0 Å². The topological polar surface area (TPSA) is 101 Å². The van der Waals surface area contributed by atoms with Crippen molar-refractivity contribution < 1.29 is 21.6 Å². The van der Waals surface area contributed by atoms with E-state index in [1.165, 1.54) is 4.90 Å². The van der Waals surface area contributed by atoms with Crippen molar-refractivity contribution in [1.82, 2.24) is 10.2 Å². The number of sulfone groups is 2. The summed E-state index contributed by atoms with van der Waals surface area (Å²) in [6, 6.07) is -1.49. The average Bonchev–Trinajstić information content (AvgIpc) is 2.75. The van der Waals surface area contributed by atoms with E-state index in [0.717, 1.165) is 0 Å². The molecule has 3 rings (SSSR count). The Morgan fingerprint density at radius 2 is 1.78 bits per heavy atom. The van der Waals surface area contributed by atoms with Gasteiger partial charge < -0.3 is 10.2 Å². The van der Waals surface area contributed by atoms with Crippen LogP contribution >= 0.6 is 0 Å². The summed E-state index contributed by atoms with van der Waals surface area (Å²) in [5, 5.41) is 2.64. The van der Waals surface area contributed by atoms with Crippen molar-refractivity contribution in [3.05, 3.63) is 0 Å². The van der Waals surface area contributed by atoms with Crippen LogP contribution in [0.4, 0.5) is 4.79 Å². The molecule has 3 atom stereocenters. The molecule has 0 aliphatic carbocycles. The minimum Gasteiger partial charge on any atom is -0.332 e. The number of amides is 2. The molecule has 0 aromatic heterocycles. The summed E-state index contributed by atoms with van der Waals surface area (Å²) >= 11 is 0. The monoisotopic (exact) mass is 294 g/mol. The van der Waals surface area contributed by atoms with E-state index in [1.54, 1.807) is 0 Å². The first-order valence-corrected chi connectivity index (χ1v) is 9.41. The largest absolute Gasteiger partial charge is 0.332 e. The molecule has 3 aliphatic heterocycles. The lowest BCUT2D eigenvalue weighted by Crippen LogP contribution is -2.45. The Kier molecular flexibility index (Phi) is 2.44. The molecule has 0 bridgehead atoms. The molecule has 9 heteroatoms. The second-order valence-corrected chi connectivity index (χ2v) is 9.55. The van der Waals surface area contributed by atoms with Gasteiger partial charge in [0.25, 0.3) is 0 Å². The van der Waals surface area contributed by atoms with E-state index in [4.69, 9.17) is 0 Å². The van der Waals surface area contributed by atoms with E-state index < -0.39 is 25.7 Å². The number of nitrogens with zero attached hydrogens (tertiary/aromatic N) is 1. The van der Waals surface area contributed by atoms with Gasteiger partial charge in [0, 0.05) is 6.04 Å². The zero-order chi connectivity index (χ0) is 13.1. The van der Waals surface area contributed by atoms with Gasteiger partial charge >= 0.3 is 6.03 Å². The van der Waals surface area contributed by atoms with Crippen LogP contribution in [0.1, 0.15) is 6.42 Å². The Morgan fingerprint density at radius 1 is 1.06 bits per heavy atom. The van der Waals surface area contributed by atoms with Crippen LogP contribution in [-0.2, 0) is 19.7 Å². The molecule has 2 amide bonds. The minimum absolute atomic E-state index is 0.0423. The smallest absolute Gasteiger partial charge is 0.318 e. The van der Waals surface area contributed by atoms with Crippen LogP contribution in [0.2, 0.25) is 0 Å². The first-order chi connectivity index (χ1) is 8.27. The minimum atomic E-state index is -3.13. The van der Waals surface area contributed by atoms with Gasteiger partial charge in [0.2, 0.25) is 0 Å². The normalized spacial score (nSPS) is 40.8. The van der Waals surface area contributed by atoms with Crippen LogP contribution in [0.25, 0.3) is 0 Å². The summed E-state index contributed by atoms with van der Waals surface area (Å²) in [6.07, 6.45) is 0.402. The maximum Gasteiger partial charge on any atom is 0.318 e. The first kappa shape index (κ1) is 12.2. The third kappa shape index (κ3) is 1.89. The Hall–Kier alpha value is -0.830. The molecular formula is C9H14N2O5S2. The lowest BCUT2D eigenvalue weighted by atomic mass is 10.1. The fraction of sp³-hybridized carbons (Fsp3) is 0.889. The highest BCUT2D eigenvalue weighted by atomic mass is 32.2. The number of carbonyl (C=O) groups excluding carboxylic acids is 1. The van der Waals surface area contributed by atoms with Gasteiger partial charge in [0.05, 0.1) is 35.1 Å². The van der Waals surface area contributed by atoms with Gasteiger partial charge in [-0.05, 0) is 6.42 Å². The second kappa shape index (κ2) is 3.60. The molecule has 1 N–H and O–H groups in total. The second-order valence-electron chi connectivity index (χ2n) is 5.16. The lowest BCUT2D eigenvalue weighted by molar-refractivity contribution is 0.186. The molecular weight excluding hydrogens is 280 g/mol. The fourth-order valence-electron chi connectivity index (χ4n) is 3.06. The maximum atomic E-state index is 11.8. The van der Waals surface area contributed by atoms with E-state index in [-0.39, 0.29) is 41.1 Å². The highest BCUT2D eigenvalue weighted by molar-refractivity contribution is 7.92. The summed E-state index contributed by atoms with van der Waals surface area (Å²) in [5.41, 5.74) is 0. The Labute approximate surface area is 105 Å². The summed E-state index contributed by atoms with van der Waals surface area (Å²) in [5.74, 6) is -0.0817. The summed E-state index contributed by atoms with van der Waals surface area (Å²) in [6.45, 7) is 0. The third-order valence-electron chi connectivity index (χ3n) is 3.83. The molecule has 3 saturated heterocycles. The molecule has 0 radical (unpaired) electrons. The van der Waals surface area contributed by atoms with Crippen LogP contribution in [0.3, 0.4) is 0 Å². The zero-order valence-electron chi connectivity index (χ0n) is 9.57. The summed E-state index contributed by atoms with van der Waals surface area (Å²) < 4.78 is 46.0. The van der Waals surface area contributed by atoms with Crippen LogP contribution in [-0.4, -0.2) is 68.9 Å². The number of hydrogen-bond acceptors (Lipinski definition) is 5. The predicted octanol–water partition coefficient (Wildman–Crippen LogP) is -1.64. The predicted molar refractivity (Wildman–Crippen MR) is 63.7 cm³/mol. The van der Waals surface area contributed by atoms with Crippen LogP contribution in [0, 0.1) is 0 Å². The van der Waals surface area contributed by atoms with Gasteiger partial charge in [-0.1, -0.05) is 0 Å². The van der Waals surface area contributed by atoms with E-state index in [9.17, 15) is 21.6 Å². The van der Waals surface area contributed by atoms with Crippen molar-refractivity contribution in [2.75, 3.05) is 23.0 Å².